The average molecular weight is 284 g/mol. The standard InChI is InChI=1S/C17H20N2O2/c1-21-17-12-10-16(11-13-17)18-19(20)14-6-5-9-15-7-3-2-4-8-15/h2-4,7-8,10-13H,5-6,9,14H2,1H3/b19-18-. The molecule has 2 rings (SSSR count). The van der Waals surface area contributed by atoms with E-state index in [0.29, 0.717) is 12.2 Å². The van der Waals surface area contributed by atoms with Crippen LogP contribution < -0.4 is 4.74 Å². The highest BCUT2D eigenvalue weighted by atomic mass is 16.5. The molecule has 0 amide bonds. The zero-order valence-corrected chi connectivity index (χ0v) is 12.2. The van der Waals surface area contributed by atoms with Crippen molar-refractivity contribution in [2.75, 3.05) is 13.7 Å². The van der Waals surface area contributed by atoms with E-state index in [0.717, 1.165) is 29.9 Å². The number of azo groups is 1. The third-order valence-electron chi connectivity index (χ3n) is 3.21. The molecule has 0 fully saturated rings. The lowest BCUT2D eigenvalue weighted by molar-refractivity contribution is -0.525. The summed E-state index contributed by atoms with van der Waals surface area (Å²) in [7, 11) is 1.61. The largest absolute Gasteiger partial charge is 0.600 e. The molecule has 4 nitrogen and oxygen atoms in total. The SMILES string of the molecule is COc1ccc(/N=[N+](\[O-])CCCCc2ccccc2)cc1. The van der Waals surface area contributed by atoms with Crippen LogP contribution in [0.1, 0.15) is 18.4 Å². The third kappa shape index (κ3) is 5.26. The zero-order chi connectivity index (χ0) is 14.9. The highest BCUT2D eigenvalue weighted by molar-refractivity contribution is 5.40. The van der Waals surface area contributed by atoms with Gasteiger partial charge in [0, 0.05) is 11.5 Å². The first kappa shape index (κ1) is 15.0. The maximum atomic E-state index is 11.7. The normalized spacial score (nSPS) is 11.4. The van der Waals surface area contributed by atoms with Gasteiger partial charge >= 0.3 is 0 Å². The molecule has 0 aromatic heterocycles. The van der Waals surface area contributed by atoms with Crippen LogP contribution in [0.2, 0.25) is 0 Å². The lowest BCUT2D eigenvalue weighted by Crippen LogP contribution is -2.02. The zero-order valence-electron chi connectivity index (χ0n) is 12.2. The number of hydrogen-bond acceptors (Lipinski definition) is 3. The van der Waals surface area contributed by atoms with E-state index in [1.165, 1.54) is 5.56 Å². The highest BCUT2D eigenvalue weighted by Crippen LogP contribution is 2.17. The minimum atomic E-state index is 0.416. The first-order chi connectivity index (χ1) is 10.3. The van der Waals surface area contributed by atoms with E-state index in [4.69, 9.17) is 4.74 Å². The second kappa shape index (κ2) is 8.04. The maximum Gasteiger partial charge on any atom is 0.181 e. The predicted molar refractivity (Wildman–Crippen MR) is 83.0 cm³/mol. The Bertz CT molecular complexity index is 565. The molecule has 110 valence electrons. The van der Waals surface area contributed by atoms with Gasteiger partial charge in [0.15, 0.2) is 6.54 Å². The summed E-state index contributed by atoms with van der Waals surface area (Å²) in [6.07, 6.45) is 2.82. The molecule has 2 aromatic rings. The van der Waals surface area contributed by atoms with Gasteiger partial charge in [0.2, 0.25) is 0 Å². The summed E-state index contributed by atoms with van der Waals surface area (Å²) in [5, 5.41) is 15.7. The van der Waals surface area contributed by atoms with Crippen molar-refractivity contribution < 1.29 is 9.60 Å². The summed E-state index contributed by atoms with van der Waals surface area (Å²) in [6, 6.07) is 17.4. The van der Waals surface area contributed by atoms with E-state index in [1.54, 1.807) is 31.4 Å². The van der Waals surface area contributed by atoms with E-state index in [1.807, 2.05) is 18.2 Å². The van der Waals surface area contributed by atoms with Crippen molar-refractivity contribution in [3.05, 3.63) is 65.4 Å². The van der Waals surface area contributed by atoms with Crippen LogP contribution in [0.3, 0.4) is 0 Å². The number of hydrogen-bond donors (Lipinski definition) is 0. The molecule has 0 bridgehead atoms. The summed E-state index contributed by atoms with van der Waals surface area (Å²) >= 11 is 0. The van der Waals surface area contributed by atoms with Crippen LogP contribution in [0.5, 0.6) is 5.75 Å². The van der Waals surface area contributed by atoms with Crippen LogP contribution >= 0.6 is 0 Å². The van der Waals surface area contributed by atoms with Gasteiger partial charge in [-0.15, -0.1) is 0 Å². The summed E-state index contributed by atoms with van der Waals surface area (Å²) in [5.41, 5.74) is 1.95. The molecule has 0 heterocycles. The molecule has 21 heavy (non-hydrogen) atoms. The fraction of sp³-hybridized carbons (Fsp3) is 0.294. The first-order valence-corrected chi connectivity index (χ1v) is 7.12. The van der Waals surface area contributed by atoms with Crippen molar-refractivity contribution in [1.29, 1.82) is 0 Å². The molecule has 0 saturated carbocycles. The Kier molecular flexibility index (Phi) is 5.76. The molecule has 0 atom stereocenters. The smallest absolute Gasteiger partial charge is 0.181 e. The molecule has 4 heteroatoms. The fourth-order valence-corrected chi connectivity index (χ4v) is 2.05. The van der Waals surface area contributed by atoms with Gasteiger partial charge in [-0.1, -0.05) is 35.2 Å². The van der Waals surface area contributed by atoms with Crippen molar-refractivity contribution in [3.8, 4) is 5.75 Å². The van der Waals surface area contributed by atoms with Crippen molar-refractivity contribution in [2.24, 2.45) is 5.11 Å². The maximum absolute atomic E-state index is 11.7. The molecular weight excluding hydrogens is 264 g/mol. The Labute approximate surface area is 125 Å². The summed E-state index contributed by atoms with van der Waals surface area (Å²) in [4.78, 5) is 0.757. The Balaban J connectivity index is 1.75. The van der Waals surface area contributed by atoms with Gasteiger partial charge in [-0.05, 0) is 42.7 Å². The van der Waals surface area contributed by atoms with Gasteiger partial charge in [0.25, 0.3) is 0 Å². The average Bonchev–Trinajstić information content (AvgIpc) is 2.53. The van der Waals surface area contributed by atoms with Crippen LogP contribution in [0.25, 0.3) is 0 Å². The van der Waals surface area contributed by atoms with Gasteiger partial charge in [-0.2, -0.15) is 0 Å². The first-order valence-electron chi connectivity index (χ1n) is 7.12. The number of aryl methyl sites for hydroxylation is 1. The molecule has 0 saturated heterocycles. The topological polar surface area (TPSA) is 47.7 Å². The molecule has 0 radical (unpaired) electrons. The van der Waals surface area contributed by atoms with Crippen LogP contribution in [0.4, 0.5) is 5.69 Å². The van der Waals surface area contributed by atoms with Crippen molar-refractivity contribution in [3.63, 3.8) is 0 Å². The van der Waals surface area contributed by atoms with Crippen molar-refractivity contribution >= 4 is 5.69 Å². The number of unbranched alkanes of at least 4 members (excludes halogenated alkanes) is 1. The van der Waals surface area contributed by atoms with E-state index in [2.05, 4.69) is 17.2 Å². The molecular formula is C17H20N2O2. The molecule has 2 aromatic carbocycles. The lowest BCUT2D eigenvalue weighted by Gasteiger charge is -2.03. The van der Waals surface area contributed by atoms with Crippen LogP contribution in [0, 0.1) is 5.21 Å². The van der Waals surface area contributed by atoms with E-state index < -0.39 is 0 Å². The number of ether oxygens (including phenoxy) is 1. The summed E-state index contributed by atoms with van der Waals surface area (Å²) < 4.78 is 5.06. The summed E-state index contributed by atoms with van der Waals surface area (Å²) in [5.74, 6) is 0.759. The minimum absolute atomic E-state index is 0.416. The molecule has 0 N–H and O–H groups in total. The Morgan fingerprint density at radius 1 is 1.00 bits per heavy atom. The fourth-order valence-electron chi connectivity index (χ4n) is 2.05. The highest BCUT2D eigenvalue weighted by Gasteiger charge is 2.00. The van der Waals surface area contributed by atoms with E-state index in [-0.39, 0.29) is 0 Å². The quantitative estimate of drug-likeness (QED) is 0.329. The molecule has 0 unspecified atom stereocenters. The van der Waals surface area contributed by atoms with Crippen molar-refractivity contribution in [1.82, 2.24) is 0 Å². The Hall–Kier alpha value is -2.36. The van der Waals surface area contributed by atoms with Crippen LogP contribution in [0.15, 0.2) is 59.7 Å². The monoisotopic (exact) mass is 284 g/mol. The van der Waals surface area contributed by atoms with Crippen LogP contribution in [-0.4, -0.2) is 18.5 Å². The number of rotatable bonds is 7. The molecule has 0 aliphatic rings. The van der Waals surface area contributed by atoms with E-state index >= 15 is 0 Å². The molecule has 0 aliphatic carbocycles. The predicted octanol–water partition coefficient (Wildman–Crippen LogP) is 4.31. The van der Waals surface area contributed by atoms with Gasteiger partial charge < -0.3 is 9.94 Å². The second-order valence-electron chi connectivity index (χ2n) is 4.82. The van der Waals surface area contributed by atoms with Gasteiger partial charge in [0.1, 0.15) is 11.4 Å². The van der Waals surface area contributed by atoms with E-state index in [9.17, 15) is 5.21 Å². The number of nitrogens with zero attached hydrogens (tertiary/aromatic N) is 2. The van der Waals surface area contributed by atoms with Crippen LogP contribution in [-0.2, 0) is 6.42 Å². The summed E-state index contributed by atoms with van der Waals surface area (Å²) in [6.45, 7) is 0.416. The van der Waals surface area contributed by atoms with Crippen molar-refractivity contribution in [2.45, 2.75) is 19.3 Å². The third-order valence-corrected chi connectivity index (χ3v) is 3.21. The molecule has 0 aliphatic heterocycles. The molecule has 0 spiro atoms. The number of methoxy groups -OCH3 is 1. The Morgan fingerprint density at radius 2 is 1.71 bits per heavy atom. The number of benzene rings is 2. The Morgan fingerprint density at radius 3 is 2.38 bits per heavy atom. The van der Waals surface area contributed by atoms with Gasteiger partial charge in [-0.3, -0.25) is 0 Å². The second-order valence-corrected chi connectivity index (χ2v) is 4.82. The number of hydroxylamine groups is 1. The lowest BCUT2D eigenvalue weighted by atomic mass is 10.1. The van der Waals surface area contributed by atoms with Gasteiger partial charge in [-0.25, -0.2) is 0 Å². The van der Waals surface area contributed by atoms with Gasteiger partial charge in [0.05, 0.1) is 7.11 Å². The minimum Gasteiger partial charge on any atom is -0.600 e.